The van der Waals surface area contributed by atoms with Crippen molar-refractivity contribution in [1.82, 2.24) is 14.8 Å². The number of aromatic nitrogens is 1. The van der Waals surface area contributed by atoms with Gasteiger partial charge in [-0.15, -0.1) is 0 Å². The Hall–Kier alpha value is -2.81. The molecule has 3 aromatic rings. The lowest BCUT2D eigenvalue weighted by Crippen LogP contribution is -2.36. The van der Waals surface area contributed by atoms with E-state index in [2.05, 4.69) is 34.7 Å². The standard InChI is InChI=1S/C25H27ClN4O/c1-25(2)14-17-6-5-16(15-27)11-20(17)23(25)28-24(31)22-13-18-12-19(26)7-8-21(18)30(22)10-9-29(3)4/h5-8,11-13,23H,9-10,14H2,1-4H3,(H,28,31). The number of amides is 1. The molecule has 4 rings (SSSR count). The highest BCUT2D eigenvalue weighted by atomic mass is 35.5. The average molecular weight is 435 g/mol. The van der Waals surface area contributed by atoms with E-state index in [0.29, 0.717) is 22.8 Å². The van der Waals surface area contributed by atoms with Crippen LogP contribution in [-0.4, -0.2) is 36.0 Å². The van der Waals surface area contributed by atoms with Crippen molar-refractivity contribution in [1.29, 1.82) is 5.26 Å². The smallest absolute Gasteiger partial charge is 0.268 e. The van der Waals surface area contributed by atoms with E-state index in [1.54, 1.807) is 0 Å². The van der Waals surface area contributed by atoms with Crippen molar-refractivity contribution in [2.24, 2.45) is 5.41 Å². The van der Waals surface area contributed by atoms with Crippen LogP contribution in [0.25, 0.3) is 10.9 Å². The number of halogens is 1. The van der Waals surface area contributed by atoms with Crippen molar-refractivity contribution in [3.05, 3.63) is 69.9 Å². The molecule has 1 amide bonds. The summed E-state index contributed by atoms with van der Waals surface area (Å²) in [7, 11) is 4.04. The number of carbonyl (C=O) groups excluding carboxylic acids is 1. The summed E-state index contributed by atoms with van der Waals surface area (Å²) in [6.07, 6.45) is 0.859. The van der Waals surface area contributed by atoms with E-state index in [1.807, 2.05) is 56.6 Å². The molecule has 6 heteroatoms. The van der Waals surface area contributed by atoms with E-state index in [1.165, 1.54) is 5.56 Å². The van der Waals surface area contributed by atoms with Crippen LogP contribution < -0.4 is 5.32 Å². The second-order valence-electron chi connectivity index (χ2n) is 9.28. The van der Waals surface area contributed by atoms with E-state index in [4.69, 9.17) is 11.6 Å². The molecule has 31 heavy (non-hydrogen) atoms. The molecule has 160 valence electrons. The number of benzene rings is 2. The van der Waals surface area contributed by atoms with Gasteiger partial charge in [-0.2, -0.15) is 5.26 Å². The predicted octanol–water partition coefficient (Wildman–Crippen LogP) is 4.78. The summed E-state index contributed by atoms with van der Waals surface area (Å²) in [4.78, 5) is 15.6. The molecule has 1 aliphatic carbocycles. The Morgan fingerprint density at radius 1 is 1.26 bits per heavy atom. The fraction of sp³-hybridized carbons (Fsp3) is 0.360. The second-order valence-corrected chi connectivity index (χ2v) is 9.72. The Balaban J connectivity index is 1.72. The molecular weight excluding hydrogens is 408 g/mol. The zero-order valence-corrected chi connectivity index (χ0v) is 19.1. The van der Waals surface area contributed by atoms with Gasteiger partial charge in [0.25, 0.3) is 5.91 Å². The van der Waals surface area contributed by atoms with Gasteiger partial charge in [0.2, 0.25) is 0 Å². The van der Waals surface area contributed by atoms with E-state index in [9.17, 15) is 10.1 Å². The maximum atomic E-state index is 13.5. The first-order valence-corrected chi connectivity index (χ1v) is 10.8. The molecule has 0 aliphatic heterocycles. The summed E-state index contributed by atoms with van der Waals surface area (Å²) in [6, 6.07) is 15.5. The molecule has 0 radical (unpaired) electrons. The lowest BCUT2D eigenvalue weighted by atomic mass is 9.85. The number of rotatable bonds is 5. The van der Waals surface area contributed by atoms with Crippen LogP contribution in [0, 0.1) is 16.7 Å². The van der Waals surface area contributed by atoms with E-state index >= 15 is 0 Å². The van der Waals surface area contributed by atoms with E-state index < -0.39 is 0 Å². The van der Waals surface area contributed by atoms with Gasteiger partial charge in [-0.25, -0.2) is 0 Å². The fourth-order valence-corrected chi connectivity index (χ4v) is 4.74. The van der Waals surface area contributed by atoms with Crippen LogP contribution in [0.15, 0.2) is 42.5 Å². The normalized spacial score (nSPS) is 17.0. The summed E-state index contributed by atoms with van der Waals surface area (Å²) >= 11 is 6.20. The molecule has 1 aliphatic rings. The molecule has 1 atom stereocenters. The number of likely N-dealkylation sites (N-methyl/N-ethyl adjacent to an activating group) is 1. The van der Waals surface area contributed by atoms with Crippen molar-refractivity contribution < 1.29 is 4.79 Å². The van der Waals surface area contributed by atoms with Crippen LogP contribution in [0.2, 0.25) is 5.02 Å². The first-order chi connectivity index (χ1) is 14.7. The van der Waals surface area contributed by atoms with E-state index in [-0.39, 0.29) is 17.4 Å². The summed E-state index contributed by atoms with van der Waals surface area (Å²) in [5.41, 5.74) is 4.32. The Kier molecular flexibility index (Phi) is 5.55. The van der Waals surface area contributed by atoms with Crippen LogP contribution >= 0.6 is 11.6 Å². The van der Waals surface area contributed by atoms with Crippen molar-refractivity contribution >= 4 is 28.4 Å². The maximum Gasteiger partial charge on any atom is 0.268 e. The third-order valence-electron chi connectivity index (χ3n) is 6.16. The maximum absolute atomic E-state index is 13.5. The molecule has 1 N–H and O–H groups in total. The highest BCUT2D eigenvalue weighted by molar-refractivity contribution is 6.31. The number of nitriles is 1. The average Bonchev–Trinajstić information content (AvgIpc) is 3.19. The molecule has 0 saturated heterocycles. The molecule has 0 bridgehead atoms. The molecule has 5 nitrogen and oxygen atoms in total. The molecule has 1 heterocycles. The minimum Gasteiger partial charge on any atom is -0.343 e. The number of hydrogen-bond acceptors (Lipinski definition) is 3. The number of nitrogens with one attached hydrogen (secondary N) is 1. The van der Waals surface area contributed by atoms with Crippen LogP contribution in [-0.2, 0) is 13.0 Å². The highest BCUT2D eigenvalue weighted by Gasteiger charge is 2.40. The number of fused-ring (bicyclic) bond motifs is 2. The van der Waals surface area contributed by atoms with Gasteiger partial charge in [0.05, 0.1) is 17.7 Å². The first-order valence-electron chi connectivity index (χ1n) is 10.5. The van der Waals surface area contributed by atoms with Gasteiger partial charge in [-0.05, 0) is 73.5 Å². The van der Waals surface area contributed by atoms with Crippen LogP contribution in [0.4, 0.5) is 0 Å². The molecule has 1 aromatic heterocycles. The Morgan fingerprint density at radius 2 is 2.03 bits per heavy atom. The zero-order chi connectivity index (χ0) is 22.3. The molecule has 1 unspecified atom stereocenters. The van der Waals surface area contributed by atoms with Crippen LogP contribution in [0.3, 0.4) is 0 Å². The molecule has 2 aromatic carbocycles. The summed E-state index contributed by atoms with van der Waals surface area (Å²) < 4.78 is 2.07. The van der Waals surface area contributed by atoms with Crippen molar-refractivity contribution in [2.75, 3.05) is 20.6 Å². The fourth-order valence-electron chi connectivity index (χ4n) is 4.56. The minimum atomic E-state index is -0.160. The van der Waals surface area contributed by atoms with Crippen molar-refractivity contribution in [3.8, 4) is 6.07 Å². The molecule has 0 saturated carbocycles. The second kappa shape index (κ2) is 8.03. The Labute approximate surface area is 188 Å². The number of carbonyl (C=O) groups is 1. The van der Waals surface area contributed by atoms with Gasteiger partial charge >= 0.3 is 0 Å². The van der Waals surface area contributed by atoms with Crippen molar-refractivity contribution in [3.63, 3.8) is 0 Å². The monoisotopic (exact) mass is 434 g/mol. The number of nitrogens with zero attached hydrogens (tertiary/aromatic N) is 3. The topological polar surface area (TPSA) is 61.1 Å². The molecule has 0 spiro atoms. The SMILES string of the molecule is CN(C)CCn1c(C(=O)NC2c3cc(C#N)ccc3CC2(C)C)cc2cc(Cl)ccc21. The third-order valence-corrected chi connectivity index (χ3v) is 6.39. The number of hydrogen-bond donors (Lipinski definition) is 1. The van der Waals surface area contributed by atoms with Gasteiger partial charge in [0, 0.05) is 29.0 Å². The van der Waals surface area contributed by atoms with Crippen LogP contribution in [0.1, 0.15) is 47.1 Å². The van der Waals surface area contributed by atoms with Gasteiger partial charge in [0.1, 0.15) is 5.69 Å². The van der Waals surface area contributed by atoms with E-state index in [0.717, 1.165) is 29.4 Å². The summed E-state index contributed by atoms with van der Waals surface area (Å²) in [6.45, 7) is 5.83. The highest BCUT2D eigenvalue weighted by Crippen LogP contribution is 2.45. The lowest BCUT2D eigenvalue weighted by molar-refractivity contribution is 0.0894. The Morgan fingerprint density at radius 3 is 2.74 bits per heavy atom. The molecule has 0 fully saturated rings. The van der Waals surface area contributed by atoms with Crippen molar-refractivity contribution in [2.45, 2.75) is 32.9 Å². The molecular formula is C25H27ClN4O. The van der Waals surface area contributed by atoms with Gasteiger partial charge in [-0.3, -0.25) is 4.79 Å². The minimum absolute atomic E-state index is 0.112. The first kappa shape index (κ1) is 21.4. The third kappa shape index (κ3) is 4.06. The van der Waals surface area contributed by atoms with Crippen LogP contribution in [0.5, 0.6) is 0 Å². The van der Waals surface area contributed by atoms with Gasteiger partial charge in [-0.1, -0.05) is 31.5 Å². The quantitative estimate of drug-likeness (QED) is 0.628. The summed E-state index contributed by atoms with van der Waals surface area (Å²) in [5.74, 6) is -0.112. The Bertz CT molecular complexity index is 1200. The predicted molar refractivity (Wildman–Crippen MR) is 124 cm³/mol. The summed E-state index contributed by atoms with van der Waals surface area (Å²) in [5, 5.41) is 14.2. The lowest BCUT2D eigenvalue weighted by Gasteiger charge is -2.29. The van der Waals surface area contributed by atoms with Gasteiger partial charge in [0.15, 0.2) is 0 Å². The zero-order valence-electron chi connectivity index (χ0n) is 18.4. The van der Waals surface area contributed by atoms with Gasteiger partial charge < -0.3 is 14.8 Å². The largest absolute Gasteiger partial charge is 0.343 e.